The van der Waals surface area contributed by atoms with Crippen LogP contribution in [0.5, 0.6) is 0 Å². The third-order valence-corrected chi connectivity index (χ3v) is 5.82. The number of nitrogens with zero attached hydrogens (tertiary/aromatic N) is 5. The number of aryl methyl sites for hydroxylation is 1. The molecule has 5 rings (SSSR count). The molecule has 2 aromatic heterocycles. The van der Waals surface area contributed by atoms with E-state index in [-0.39, 0.29) is 24.5 Å². The number of ether oxygens (including phenoxy) is 1. The Balaban J connectivity index is 1.28. The predicted molar refractivity (Wildman–Crippen MR) is 97.6 cm³/mol. The molecule has 3 fully saturated rings. The van der Waals surface area contributed by atoms with Crippen LogP contribution in [0.15, 0.2) is 28.9 Å². The second-order valence-corrected chi connectivity index (χ2v) is 7.78. The molecule has 3 aliphatic heterocycles. The number of anilines is 1. The Bertz CT molecular complexity index is 956. The highest BCUT2D eigenvalue weighted by molar-refractivity contribution is 5.79. The number of carbonyl (C=O) groups excluding carboxylic acids is 2. The molecule has 1 unspecified atom stereocenters. The molecule has 9 nitrogen and oxygen atoms in total. The summed E-state index contributed by atoms with van der Waals surface area (Å²) in [7, 11) is 0. The highest BCUT2D eigenvalue weighted by atomic mass is 19.1. The second-order valence-electron chi connectivity index (χ2n) is 7.78. The van der Waals surface area contributed by atoms with Crippen molar-refractivity contribution in [2.24, 2.45) is 0 Å². The number of halogens is 1. The number of hydrogen-bond acceptors (Lipinski definition) is 7. The minimum atomic E-state index is -0.686. The van der Waals surface area contributed by atoms with E-state index >= 15 is 0 Å². The maximum Gasteiger partial charge on any atom is 0.411 e. The molecule has 0 saturated carbocycles. The van der Waals surface area contributed by atoms with Crippen LogP contribution in [0.3, 0.4) is 0 Å². The highest BCUT2D eigenvalue weighted by Crippen LogP contribution is 2.41. The summed E-state index contributed by atoms with van der Waals surface area (Å²) < 4.78 is 24.0. The van der Waals surface area contributed by atoms with Gasteiger partial charge in [-0.3, -0.25) is 9.69 Å². The largest absolute Gasteiger partial charge is 0.437 e. The molecule has 0 aliphatic carbocycles. The van der Waals surface area contributed by atoms with Crippen LogP contribution in [0.4, 0.5) is 15.0 Å². The van der Waals surface area contributed by atoms with Crippen LogP contribution in [0.25, 0.3) is 0 Å². The maximum absolute atomic E-state index is 13.1. The van der Waals surface area contributed by atoms with Crippen molar-refractivity contribution < 1.29 is 23.2 Å². The molecule has 1 atom stereocenters. The zero-order chi connectivity index (χ0) is 20.2. The molecule has 5 heterocycles. The van der Waals surface area contributed by atoms with E-state index in [4.69, 9.17) is 9.26 Å². The fourth-order valence-corrected chi connectivity index (χ4v) is 4.33. The number of aromatic nitrogens is 2. The molecule has 3 saturated heterocycles. The molecule has 0 bridgehead atoms. The summed E-state index contributed by atoms with van der Waals surface area (Å²) in [6.45, 7) is 4.02. The topological polar surface area (TPSA) is 92.0 Å². The van der Waals surface area contributed by atoms with Crippen LogP contribution in [0.1, 0.15) is 11.5 Å². The standard InChI is InChI=1S/C19H20FN5O4/c1-12-6-14(29-22-12)7-17(26)23-4-5-25-15(9-23)19(28-18(25)27)10-24(11-19)16-3-2-13(20)8-21-16/h2-3,6,8,15H,4-5,7,9-11H2,1H3. The summed E-state index contributed by atoms with van der Waals surface area (Å²) in [6, 6.07) is 4.48. The third-order valence-electron chi connectivity index (χ3n) is 5.82. The van der Waals surface area contributed by atoms with Crippen LogP contribution in [0, 0.1) is 12.7 Å². The van der Waals surface area contributed by atoms with Crippen LogP contribution in [-0.4, -0.2) is 76.3 Å². The Morgan fingerprint density at radius 1 is 1.34 bits per heavy atom. The molecular weight excluding hydrogens is 381 g/mol. The van der Waals surface area contributed by atoms with E-state index in [9.17, 15) is 14.0 Å². The summed E-state index contributed by atoms with van der Waals surface area (Å²) in [5.41, 5.74) is 0.0462. The quantitative estimate of drug-likeness (QED) is 0.757. The molecule has 1 spiro atoms. The number of carbonyl (C=O) groups is 2. The van der Waals surface area contributed by atoms with Gasteiger partial charge in [0.05, 0.1) is 37.4 Å². The SMILES string of the molecule is Cc1cc(CC(=O)N2CCN3C(=O)OC4(CN(c5ccc(F)cn5)C4)C3C2)on1. The Hall–Kier alpha value is -3.17. The van der Waals surface area contributed by atoms with Crippen LogP contribution >= 0.6 is 0 Å². The molecule has 152 valence electrons. The molecule has 10 heteroatoms. The average molecular weight is 401 g/mol. The van der Waals surface area contributed by atoms with Crippen molar-refractivity contribution in [3.8, 4) is 0 Å². The van der Waals surface area contributed by atoms with Crippen molar-refractivity contribution in [2.45, 2.75) is 25.0 Å². The Kier molecular flexibility index (Phi) is 3.97. The lowest BCUT2D eigenvalue weighted by atomic mass is 9.84. The van der Waals surface area contributed by atoms with Crippen molar-refractivity contribution in [3.05, 3.63) is 41.7 Å². The van der Waals surface area contributed by atoms with E-state index < -0.39 is 11.4 Å². The number of hydrogen-bond donors (Lipinski definition) is 0. The number of fused-ring (bicyclic) bond motifs is 2. The van der Waals surface area contributed by atoms with Gasteiger partial charge in [-0.05, 0) is 19.1 Å². The van der Waals surface area contributed by atoms with Crippen molar-refractivity contribution in [2.75, 3.05) is 37.6 Å². The minimum Gasteiger partial charge on any atom is -0.437 e. The van der Waals surface area contributed by atoms with Gasteiger partial charge in [0.25, 0.3) is 0 Å². The van der Waals surface area contributed by atoms with Crippen LogP contribution < -0.4 is 4.90 Å². The molecule has 0 radical (unpaired) electrons. The van der Waals surface area contributed by atoms with E-state index in [1.807, 2.05) is 4.90 Å². The van der Waals surface area contributed by atoms with Crippen molar-refractivity contribution >= 4 is 17.8 Å². The number of piperazine rings is 1. The average Bonchev–Trinajstić information content (AvgIpc) is 3.22. The van der Waals surface area contributed by atoms with Crippen LogP contribution in [0.2, 0.25) is 0 Å². The van der Waals surface area contributed by atoms with Crippen LogP contribution in [-0.2, 0) is 16.0 Å². The fourth-order valence-electron chi connectivity index (χ4n) is 4.33. The van der Waals surface area contributed by atoms with Gasteiger partial charge < -0.3 is 19.1 Å². The first-order valence-corrected chi connectivity index (χ1v) is 9.50. The van der Waals surface area contributed by atoms with Gasteiger partial charge in [-0.2, -0.15) is 0 Å². The first-order valence-electron chi connectivity index (χ1n) is 9.50. The normalized spacial score (nSPS) is 22.5. The van der Waals surface area contributed by atoms with Gasteiger partial charge in [-0.1, -0.05) is 5.16 Å². The lowest BCUT2D eigenvalue weighted by Crippen LogP contribution is -2.71. The lowest BCUT2D eigenvalue weighted by Gasteiger charge is -2.51. The van der Waals surface area contributed by atoms with Gasteiger partial charge in [-0.15, -0.1) is 0 Å². The summed E-state index contributed by atoms with van der Waals surface area (Å²) in [5.74, 6) is 0.703. The van der Waals surface area contributed by atoms with Gasteiger partial charge in [-0.25, -0.2) is 14.2 Å². The zero-order valence-electron chi connectivity index (χ0n) is 15.9. The molecule has 0 aromatic carbocycles. The summed E-state index contributed by atoms with van der Waals surface area (Å²) in [6.07, 6.45) is 0.959. The molecule has 2 amide bonds. The van der Waals surface area contributed by atoms with Gasteiger partial charge >= 0.3 is 6.09 Å². The molecule has 3 aliphatic rings. The number of pyridine rings is 1. The first kappa shape index (κ1) is 17.9. The monoisotopic (exact) mass is 401 g/mol. The van der Waals surface area contributed by atoms with Crippen molar-refractivity contribution in [1.29, 1.82) is 0 Å². The zero-order valence-corrected chi connectivity index (χ0v) is 15.9. The van der Waals surface area contributed by atoms with Gasteiger partial charge in [0, 0.05) is 25.7 Å². The van der Waals surface area contributed by atoms with E-state index in [1.165, 1.54) is 12.3 Å². The molecule has 2 aromatic rings. The summed E-state index contributed by atoms with van der Waals surface area (Å²) in [4.78, 5) is 34.6. The van der Waals surface area contributed by atoms with E-state index in [0.717, 1.165) is 5.69 Å². The van der Waals surface area contributed by atoms with Gasteiger partial charge in [0.2, 0.25) is 5.91 Å². The first-order chi connectivity index (χ1) is 13.9. The van der Waals surface area contributed by atoms with Crippen molar-refractivity contribution in [1.82, 2.24) is 19.9 Å². The summed E-state index contributed by atoms with van der Waals surface area (Å²) >= 11 is 0. The Morgan fingerprint density at radius 3 is 2.86 bits per heavy atom. The van der Waals surface area contributed by atoms with E-state index in [1.54, 1.807) is 28.9 Å². The fraction of sp³-hybridized carbons (Fsp3) is 0.474. The molecular formula is C19H20FN5O4. The van der Waals surface area contributed by atoms with Crippen molar-refractivity contribution in [3.63, 3.8) is 0 Å². The highest BCUT2D eigenvalue weighted by Gasteiger charge is 2.62. The van der Waals surface area contributed by atoms with Gasteiger partial charge in [0.15, 0.2) is 5.60 Å². The number of amides is 2. The Labute approximate surface area is 166 Å². The minimum absolute atomic E-state index is 0.0633. The van der Waals surface area contributed by atoms with Gasteiger partial charge in [0.1, 0.15) is 17.4 Å². The number of rotatable bonds is 3. The molecule has 0 N–H and O–H groups in total. The van der Waals surface area contributed by atoms with E-state index in [2.05, 4.69) is 10.1 Å². The molecule has 29 heavy (non-hydrogen) atoms. The second kappa shape index (κ2) is 6.43. The Morgan fingerprint density at radius 2 is 2.17 bits per heavy atom. The maximum atomic E-state index is 13.1. The summed E-state index contributed by atoms with van der Waals surface area (Å²) in [5, 5.41) is 3.81. The third kappa shape index (κ3) is 2.99. The lowest BCUT2D eigenvalue weighted by molar-refractivity contribution is -0.134. The predicted octanol–water partition coefficient (Wildman–Crippen LogP) is 0.982. The van der Waals surface area contributed by atoms with E-state index in [0.29, 0.717) is 44.3 Å². The smallest absolute Gasteiger partial charge is 0.411 e.